The lowest BCUT2D eigenvalue weighted by Crippen LogP contribution is -2.44. The maximum Gasteiger partial charge on any atom is 0.259 e. The van der Waals surface area contributed by atoms with Gasteiger partial charge in [0.1, 0.15) is 17.4 Å². The molecule has 26 heavy (non-hydrogen) atoms. The summed E-state index contributed by atoms with van der Waals surface area (Å²) < 4.78 is 5.19. The van der Waals surface area contributed by atoms with E-state index in [1.165, 1.54) is 4.90 Å². The molecule has 132 valence electrons. The molecular weight excluding hydrogens is 370 g/mol. The van der Waals surface area contributed by atoms with E-state index in [0.29, 0.717) is 16.4 Å². The summed E-state index contributed by atoms with van der Waals surface area (Å²) in [6.45, 7) is 3.63. The standard InChI is InChI=1S/C19H16ClN3O2S/c1-19(2)17(24)22(14-5-4-12(11-21)16(20)10-14)18(26)23(19)13-6-8-15(25-3)9-7-13/h4-10H,1-3H3. The van der Waals surface area contributed by atoms with Gasteiger partial charge in [0.05, 0.1) is 23.4 Å². The summed E-state index contributed by atoms with van der Waals surface area (Å²) in [6, 6.07) is 14.2. The van der Waals surface area contributed by atoms with E-state index in [1.807, 2.05) is 44.2 Å². The molecule has 2 aromatic carbocycles. The Morgan fingerprint density at radius 2 is 1.77 bits per heavy atom. The molecule has 0 unspecified atom stereocenters. The summed E-state index contributed by atoms with van der Waals surface area (Å²) in [6.07, 6.45) is 0. The first-order valence-electron chi connectivity index (χ1n) is 7.83. The van der Waals surface area contributed by atoms with Crippen molar-refractivity contribution in [3.63, 3.8) is 0 Å². The van der Waals surface area contributed by atoms with Crippen LogP contribution in [0.3, 0.4) is 0 Å². The first-order chi connectivity index (χ1) is 12.3. The number of benzene rings is 2. The molecule has 1 heterocycles. The number of nitriles is 1. The van der Waals surface area contributed by atoms with Gasteiger partial charge in [-0.2, -0.15) is 5.26 Å². The summed E-state index contributed by atoms with van der Waals surface area (Å²) in [5, 5.41) is 9.67. The highest BCUT2D eigenvalue weighted by Crippen LogP contribution is 2.37. The van der Waals surface area contributed by atoms with Crippen LogP contribution >= 0.6 is 23.8 Å². The number of anilines is 2. The first-order valence-corrected chi connectivity index (χ1v) is 8.62. The van der Waals surface area contributed by atoms with Crippen LogP contribution in [0.25, 0.3) is 0 Å². The minimum absolute atomic E-state index is 0.168. The number of thiocarbonyl (C=S) groups is 1. The third kappa shape index (κ3) is 2.79. The third-order valence-electron chi connectivity index (χ3n) is 4.33. The summed E-state index contributed by atoms with van der Waals surface area (Å²) >= 11 is 11.7. The normalized spacial score (nSPS) is 16.0. The number of rotatable bonds is 3. The second-order valence-electron chi connectivity index (χ2n) is 6.29. The second kappa shape index (κ2) is 6.60. The molecule has 3 rings (SSSR count). The van der Waals surface area contributed by atoms with Crippen molar-refractivity contribution in [3.8, 4) is 11.8 Å². The minimum atomic E-state index is -0.869. The Morgan fingerprint density at radius 1 is 1.15 bits per heavy atom. The van der Waals surface area contributed by atoms with Gasteiger partial charge in [0.25, 0.3) is 5.91 Å². The zero-order valence-corrected chi connectivity index (χ0v) is 16.1. The molecule has 7 heteroatoms. The fourth-order valence-corrected chi connectivity index (χ4v) is 3.66. The number of amides is 1. The molecule has 2 aromatic rings. The van der Waals surface area contributed by atoms with Crippen molar-refractivity contribution in [3.05, 3.63) is 53.1 Å². The number of halogens is 1. The molecule has 5 nitrogen and oxygen atoms in total. The van der Waals surface area contributed by atoms with Crippen molar-refractivity contribution >= 4 is 46.2 Å². The van der Waals surface area contributed by atoms with Crippen molar-refractivity contribution in [1.29, 1.82) is 5.26 Å². The van der Waals surface area contributed by atoms with Gasteiger partial charge in [-0.15, -0.1) is 0 Å². The predicted octanol–water partition coefficient (Wildman–Crippen LogP) is 4.14. The Morgan fingerprint density at radius 3 is 2.31 bits per heavy atom. The van der Waals surface area contributed by atoms with Crippen molar-refractivity contribution in [1.82, 2.24) is 0 Å². The molecule has 0 saturated carbocycles. The van der Waals surface area contributed by atoms with Gasteiger partial charge in [-0.1, -0.05) is 11.6 Å². The lowest BCUT2D eigenvalue weighted by Gasteiger charge is -2.29. The van der Waals surface area contributed by atoms with Gasteiger partial charge >= 0.3 is 0 Å². The zero-order chi connectivity index (χ0) is 19.1. The van der Waals surface area contributed by atoms with Gasteiger partial charge in [0.15, 0.2) is 5.11 Å². The first kappa shape index (κ1) is 18.2. The van der Waals surface area contributed by atoms with Crippen LogP contribution < -0.4 is 14.5 Å². The topological polar surface area (TPSA) is 56.6 Å². The van der Waals surface area contributed by atoms with Crippen LogP contribution in [0.4, 0.5) is 11.4 Å². The number of carbonyl (C=O) groups excluding carboxylic acids is 1. The number of methoxy groups -OCH3 is 1. The van der Waals surface area contributed by atoms with Crippen LogP contribution in [-0.4, -0.2) is 23.7 Å². The quantitative estimate of drug-likeness (QED) is 0.743. The molecule has 1 amide bonds. The van der Waals surface area contributed by atoms with E-state index in [9.17, 15) is 4.79 Å². The highest BCUT2D eigenvalue weighted by Gasteiger charge is 2.50. The average molecular weight is 386 g/mol. The van der Waals surface area contributed by atoms with E-state index in [0.717, 1.165) is 11.4 Å². The van der Waals surface area contributed by atoms with Crippen molar-refractivity contribution in [2.24, 2.45) is 0 Å². The van der Waals surface area contributed by atoms with Crippen LogP contribution in [0.2, 0.25) is 5.02 Å². The number of ether oxygens (including phenoxy) is 1. The smallest absolute Gasteiger partial charge is 0.259 e. The molecule has 0 radical (unpaired) electrons. The number of hydrogen-bond donors (Lipinski definition) is 0. The Balaban J connectivity index is 2.04. The van der Waals surface area contributed by atoms with Crippen molar-refractivity contribution < 1.29 is 9.53 Å². The molecule has 1 aliphatic heterocycles. The number of carbonyl (C=O) groups is 1. The Bertz CT molecular complexity index is 935. The van der Waals surface area contributed by atoms with Gasteiger partial charge in [-0.25, -0.2) is 0 Å². The molecular formula is C19H16ClN3O2S. The van der Waals surface area contributed by atoms with Crippen LogP contribution in [0.5, 0.6) is 5.75 Å². The zero-order valence-electron chi connectivity index (χ0n) is 14.5. The molecule has 1 aliphatic rings. The molecule has 0 aromatic heterocycles. The van der Waals surface area contributed by atoms with Crippen LogP contribution in [0.15, 0.2) is 42.5 Å². The minimum Gasteiger partial charge on any atom is -0.497 e. The molecule has 0 atom stereocenters. The van der Waals surface area contributed by atoms with Gasteiger partial charge in [-0.05, 0) is 68.5 Å². The summed E-state index contributed by atoms with van der Waals surface area (Å²) in [5.41, 5.74) is 0.801. The van der Waals surface area contributed by atoms with Gasteiger partial charge in [-0.3, -0.25) is 9.69 Å². The van der Waals surface area contributed by atoms with Gasteiger partial charge in [0.2, 0.25) is 0 Å². The van der Waals surface area contributed by atoms with E-state index < -0.39 is 5.54 Å². The summed E-state index contributed by atoms with van der Waals surface area (Å²) in [4.78, 5) is 16.3. The Kier molecular flexibility index (Phi) is 4.61. The molecule has 0 spiro atoms. The predicted molar refractivity (Wildman–Crippen MR) is 106 cm³/mol. The fourth-order valence-electron chi connectivity index (χ4n) is 2.92. The Hall–Kier alpha value is -2.62. The molecule has 1 saturated heterocycles. The van der Waals surface area contributed by atoms with Crippen molar-refractivity contribution in [2.75, 3.05) is 16.9 Å². The summed E-state index contributed by atoms with van der Waals surface area (Å²) in [5.74, 6) is 0.554. The van der Waals surface area contributed by atoms with Crippen molar-refractivity contribution in [2.45, 2.75) is 19.4 Å². The monoisotopic (exact) mass is 385 g/mol. The highest BCUT2D eigenvalue weighted by atomic mass is 35.5. The van der Waals surface area contributed by atoms with Crippen LogP contribution in [0, 0.1) is 11.3 Å². The average Bonchev–Trinajstić information content (AvgIpc) is 2.80. The van der Waals surface area contributed by atoms with Crippen LogP contribution in [-0.2, 0) is 4.79 Å². The van der Waals surface area contributed by atoms with E-state index in [-0.39, 0.29) is 10.9 Å². The molecule has 1 fully saturated rings. The fraction of sp³-hybridized carbons (Fsp3) is 0.211. The molecule has 0 aliphatic carbocycles. The van der Waals surface area contributed by atoms with E-state index >= 15 is 0 Å². The largest absolute Gasteiger partial charge is 0.497 e. The van der Waals surface area contributed by atoms with Gasteiger partial charge < -0.3 is 9.64 Å². The number of nitrogens with zero attached hydrogens (tertiary/aromatic N) is 3. The van der Waals surface area contributed by atoms with E-state index in [4.69, 9.17) is 33.8 Å². The maximum absolute atomic E-state index is 13.1. The lowest BCUT2D eigenvalue weighted by atomic mass is 10.0. The summed E-state index contributed by atoms with van der Waals surface area (Å²) in [7, 11) is 1.60. The Labute approximate surface area is 162 Å². The lowest BCUT2D eigenvalue weighted by molar-refractivity contribution is -0.120. The molecule has 0 N–H and O–H groups in total. The highest BCUT2D eigenvalue weighted by molar-refractivity contribution is 7.81. The third-order valence-corrected chi connectivity index (χ3v) is 5.01. The SMILES string of the molecule is COc1ccc(N2C(=S)N(c3ccc(C#N)c(Cl)c3)C(=O)C2(C)C)cc1. The maximum atomic E-state index is 13.1. The molecule has 0 bridgehead atoms. The van der Waals surface area contributed by atoms with Gasteiger partial charge in [0, 0.05) is 5.69 Å². The van der Waals surface area contributed by atoms with E-state index in [2.05, 4.69) is 0 Å². The van der Waals surface area contributed by atoms with Crippen LogP contribution in [0.1, 0.15) is 19.4 Å². The number of hydrogen-bond acceptors (Lipinski definition) is 4. The van der Waals surface area contributed by atoms with E-state index in [1.54, 1.807) is 30.2 Å². The second-order valence-corrected chi connectivity index (χ2v) is 7.06.